The van der Waals surface area contributed by atoms with E-state index in [4.69, 9.17) is 5.11 Å². The first-order valence-corrected chi connectivity index (χ1v) is 4.69. The first kappa shape index (κ1) is 11.5. The second-order valence-corrected chi connectivity index (χ2v) is 3.74. The van der Waals surface area contributed by atoms with Gasteiger partial charge in [0.25, 0.3) is 0 Å². The number of carbonyl (C=O) groups excluding carboxylic acids is 2. The molecule has 0 aliphatic carbocycles. The van der Waals surface area contributed by atoms with Gasteiger partial charge in [0.05, 0.1) is 5.92 Å². The molecule has 1 fully saturated rings. The number of likely N-dealkylation sites (tertiary alicyclic amines) is 1. The van der Waals surface area contributed by atoms with Gasteiger partial charge in [-0.2, -0.15) is 0 Å². The van der Waals surface area contributed by atoms with Gasteiger partial charge in [-0.1, -0.05) is 0 Å². The SMILES string of the molecule is C[C@@H](NC(=O)C1CC(=O)N(C)C1)C(=O)O. The highest BCUT2D eigenvalue weighted by Gasteiger charge is 2.33. The molecule has 15 heavy (non-hydrogen) atoms. The van der Waals surface area contributed by atoms with Crippen LogP contribution in [0, 0.1) is 5.92 Å². The third-order valence-electron chi connectivity index (χ3n) is 2.44. The maximum Gasteiger partial charge on any atom is 0.325 e. The fourth-order valence-electron chi connectivity index (χ4n) is 1.43. The van der Waals surface area contributed by atoms with Gasteiger partial charge in [-0.15, -0.1) is 0 Å². The van der Waals surface area contributed by atoms with Crippen molar-refractivity contribution >= 4 is 17.8 Å². The van der Waals surface area contributed by atoms with Gasteiger partial charge < -0.3 is 15.3 Å². The average molecular weight is 214 g/mol. The van der Waals surface area contributed by atoms with Crippen LogP contribution in [0.25, 0.3) is 0 Å². The molecular weight excluding hydrogens is 200 g/mol. The van der Waals surface area contributed by atoms with E-state index < -0.39 is 17.9 Å². The highest BCUT2D eigenvalue weighted by molar-refractivity contribution is 5.91. The van der Waals surface area contributed by atoms with Crippen molar-refractivity contribution in [2.45, 2.75) is 19.4 Å². The zero-order chi connectivity index (χ0) is 11.6. The Morgan fingerprint density at radius 1 is 1.60 bits per heavy atom. The number of carboxylic acid groups (broad SMARTS) is 1. The summed E-state index contributed by atoms with van der Waals surface area (Å²) < 4.78 is 0. The minimum absolute atomic E-state index is 0.0851. The Morgan fingerprint density at radius 2 is 2.20 bits per heavy atom. The van der Waals surface area contributed by atoms with Crippen LogP contribution in [0.4, 0.5) is 0 Å². The molecule has 1 aliphatic rings. The molecule has 1 unspecified atom stereocenters. The summed E-state index contributed by atoms with van der Waals surface area (Å²) >= 11 is 0. The van der Waals surface area contributed by atoms with Crippen molar-refractivity contribution in [3.8, 4) is 0 Å². The van der Waals surface area contributed by atoms with Gasteiger partial charge in [0, 0.05) is 20.0 Å². The van der Waals surface area contributed by atoms with Crippen LogP contribution in [0.5, 0.6) is 0 Å². The van der Waals surface area contributed by atoms with Crippen molar-refractivity contribution in [1.82, 2.24) is 10.2 Å². The molecule has 1 heterocycles. The van der Waals surface area contributed by atoms with Crippen LogP contribution < -0.4 is 5.32 Å². The van der Waals surface area contributed by atoms with E-state index in [0.717, 1.165) is 0 Å². The van der Waals surface area contributed by atoms with Crippen molar-refractivity contribution in [2.75, 3.05) is 13.6 Å². The predicted octanol–water partition coefficient (Wildman–Crippen LogP) is -0.946. The highest BCUT2D eigenvalue weighted by Crippen LogP contribution is 2.15. The minimum Gasteiger partial charge on any atom is -0.480 e. The number of amides is 2. The Hall–Kier alpha value is -1.59. The Balaban J connectivity index is 2.49. The van der Waals surface area contributed by atoms with E-state index in [-0.39, 0.29) is 18.2 Å². The van der Waals surface area contributed by atoms with Crippen molar-refractivity contribution in [1.29, 1.82) is 0 Å². The molecule has 2 atom stereocenters. The first-order valence-electron chi connectivity index (χ1n) is 4.69. The van der Waals surface area contributed by atoms with Gasteiger partial charge in [0.2, 0.25) is 11.8 Å². The number of carbonyl (C=O) groups is 3. The Morgan fingerprint density at radius 3 is 2.60 bits per heavy atom. The smallest absolute Gasteiger partial charge is 0.325 e. The lowest BCUT2D eigenvalue weighted by molar-refractivity contribution is -0.141. The topological polar surface area (TPSA) is 86.7 Å². The molecular formula is C9H14N2O4. The van der Waals surface area contributed by atoms with Crippen molar-refractivity contribution in [3.05, 3.63) is 0 Å². The number of nitrogens with zero attached hydrogens (tertiary/aromatic N) is 1. The van der Waals surface area contributed by atoms with Crippen LogP contribution in [-0.2, 0) is 14.4 Å². The third-order valence-corrected chi connectivity index (χ3v) is 2.44. The largest absolute Gasteiger partial charge is 0.480 e. The molecule has 0 aromatic rings. The Bertz CT molecular complexity index is 302. The van der Waals surface area contributed by atoms with Gasteiger partial charge in [0.15, 0.2) is 0 Å². The predicted molar refractivity (Wildman–Crippen MR) is 51.0 cm³/mol. The van der Waals surface area contributed by atoms with Crippen LogP contribution in [0.3, 0.4) is 0 Å². The molecule has 1 saturated heterocycles. The fourth-order valence-corrected chi connectivity index (χ4v) is 1.43. The Labute approximate surface area is 87.2 Å². The van der Waals surface area contributed by atoms with Crippen LogP contribution >= 0.6 is 0 Å². The van der Waals surface area contributed by atoms with Gasteiger partial charge in [0.1, 0.15) is 6.04 Å². The lowest BCUT2D eigenvalue weighted by Crippen LogP contribution is -2.42. The zero-order valence-electron chi connectivity index (χ0n) is 8.69. The molecule has 0 saturated carbocycles. The fraction of sp³-hybridized carbons (Fsp3) is 0.667. The van der Waals surface area contributed by atoms with Gasteiger partial charge in [-0.3, -0.25) is 14.4 Å². The summed E-state index contributed by atoms with van der Waals surface area (Å²) in [6.45, 7) is 1.75. The molecule has 1 rings (SSSR count). The maximum atomic E-state index is 11.5. The lowest BCUT2D eigenvalue weighted by Gasteiger charge is -2.13. The molecule has 1 aliphatic heterocycles. The van der Waals surface area contributed by atoms with E-state index in [1.54, 1.807) is 7.05 Å². The van der Waals surface area contributed by atoms with Gasteiger partial charge in [-0.05, 0) is 6.92 Å². The number of carboxylic acids is 1. The number of hydrogen-bond acceptors (Lipinski definition) is 3. The lowest BCUT2D eigenvalue weighted by atomic mass is 10.1. The van der Waals surface area contributed by atoms with Crippen molar-refractivity contribution in [2.24, 2.45) is 5.92 Å². The van der Waals surface area contributed by atoms with Gasteiger partial charge in [-0.25, -0.2) is 0 Å². The first-order chi connectivity index (χ1) is 6.91. The molecule has 2 N–H and O–H groups in total. The second kappa shape index (κ2) is 4.29. The zero-order valence-corrected chi connectivity index (χ0v) is 8.69. The molecule has 6 heteroatoms. The summed E-state index contributed by atoms with van der Waals surface area (Å²) in [4.78, 5) is 34.6. The van der Waals surface area contributed by atoms with E-state index in [9.17, 15) is 14.4 Å². The standard InChI is InChI=1S/C9H14N2O4/c1-5(9(14)15)10-8(13)6-3-7(12)11(2)4-6/h5-6H,3-4H2,1-2H3,(H,10,13)(H,14,15)/t5-,6?/m1/s1. The Kier molecular flexibility index (Phi) is 3.28. The normalized spacial score (nSPS) is 22.7. The summed E-state index contributed by atoms with van der Waals surface area (Å²) in [6, 6.07) is -0.918. The minimum atomic E-state index is -1.08. The summed E-state index contributed by atoms with van der Waals surface area (Å²) in [5, 5.41) is 10.9. The molecule has 0 bridgehead atoms. The molecule has 0 radical (unpaired) electrons. The van der Waals surface area contributed by atoms with E-state index in [1.165, 1.54) is 11.8 Å². The summed E-state index contributed by atoms with van der Waals surface area (Å²) in [6.07, 6.45) is 0.161. The molecule has 0 spiro atoms. The van der Waals surface area contributed by atoms with E-state index in [0.29, 0.717) is 6.54 Å². The highest BCUT2D eigenvalue weighted by atomic mass is 16.4. The number of aliphatic carboxylic acids is 1. The molecule has 0 aromatic carbocycles. The summed E-state index contributed by atoms with van der Waals surface area (Å²) in [5.74, 6) is -1.97. The summed E-state index contributed by atoms with van der Waals surface area (Å²) in [5.41, 5.74) is 0. The number of nitrogens with one attached hydrogen (secondary N) is 1. The van der Waals surface area contributed by atoms with Crippen LogP contribution in [-0.4, -0.2) is 47.4 Å². The second-order valence-electron chi connectivity index (χ2n) is 3.74. The molecule has 0 aromatic heterocycles. The van der Waals surface area contributed by atoms with Crippen LogP contribution in [0.1, 0.15) is 13.3 Å². The third kappa shape index (κ3) is 2.68. The quantitative estimate of drug-likeness (QED) is 0.634. The van der Waals surface area contributed by atoms with E-state index in [1.807, 2.05) is 0 Å². The van der Waals surface area contributed by atoms with E-state index >= 15 is 0 Å². The number of hydrogen-bond donors (Lipinski definition) is 2. The van der Waals surface area contributed by atoms with Crippen LogP contribution in [0.2, 0.25) is 0 Å². The average Bonchev–Trinajstić information content (AvgIpc) is 2.46. The maximum absolute atomic E-state index is 11.5. The molecule has 84 valence electrons. The van der Waals surface area contributed by atoms with Gasteiger partial charge >= 0.3 is 5.97 Å². The summed E-state index contributed by atoms with van der Waals surface area (Å²) in [7, 11) is 1.62. The van der Waals surface area contributed by atoms with Crippen molar-refractivity contribution in [3.63, 3.8) is 0 Å². The van der Waals surface area contributed by atoms with Crippen LogP contribution in [0.15, 0.2) is 0 Å². The van der Waals surface area contributed by atoms with E-state index in [2.05, 4.69) is 5.32 Å². The monoisotopic (exact) mass is 214 g/mol. The molecule has 6 nitrogen and oxygen atoms in total. The number of rotatable bonds is 3. The molecule has 2 amide bonds. The van der Waals surface area contributed by atoms with Crippen molar-refractivity contribution < 1.29 is 19.5 Å².